The first-order valence-corrected chi connectivity index (χ1v) is 13.8. The van der Waals surface area contributed by atoms with Crippen molar-refractivity contribution in [3.63, 3.8) is 0 Å². The van der Waals surface area contributed by atoms with Crippen LogP contribution in [0.15, 0.2) is 41.3 Å². The zero-order valence-electron chi connectivity index (χ0n) is 20.1. The van der Waals surface area contributed by atoms with Crippen molar-refractivity contribution in [3.8, 4) is 0 Å². The van der Waals surface area contributed by atoms with Crippen LogP contribution in [0.2, 0.25) is 0 Å². The number of hydrogen-bond donors (Lipinski definition) is 0. The maximum atomic E-state index is 13.0. The van der Waals surface area contributed by atoms with Gasteiger partial charge in [0.2, 0.25) is 10.0 Å². The van der Waals surface area contributed by atoms with Gasteiger partial charge in [0, 0.05) is 77.6 Å². The zero-order chi connectivity index (χ0) is 25.1. The smallest absolute Gasteiger partial charge is 0.270 e. The van der Waals surface area contributed by atoms with Crippen molar-refractivity contribution in [1.82, 2.24) is 19.4 Å². The van der Waals surface area contributed by atoms with Crippen LogP contribution in [-0.4, -0.2) is 104 Å². The van der Waals surface area contributed by atoms with Crippen molar-refractivity contribution in [2.24, 2.45) is 0 Å². The predicted octanol–water partition coefficient (Wildman–Crippen LogP) is 1.20. The van der Waals surface area contributed by atoms with Gasteiger partial charge in [-0.2, -0.15) is 4.31 Å². The molecule has 2 aromatic rings. The Morgan fingerprint density at radius 3 is 2.14 bits per heavy atom. The number of anilines is 2. The summed E-state index contributed by atoms with van der Waals surface area (Å²) in [7, 11) is -3.81. The molecule has 4 heterocycles. The second-order valence-corrected chi connectivity index (χ2v) is 11.3. The van der Waals surface area contributed by atoms with E-state index in [1.807, 2.05) is 17.0 Å². The highest BCUT2D eigenvalue weighted by molar-refractivity contribution is 7.89. The highest BCUT2D eigenvalue weighted by Crippen LogP contribution is 2.24. The van der Waals surface area contributed by atoms with Gasteiger partial charge >= 0.3 is 0 Å². The average Bonchev–Trinajstić information content (AvgIpc) is 3.42. The number of piperazine rings is 2. The topological polar surface area (TPSA) is 125 Å². The summed E-state index contributed by atoms with van der Waals surface area (Å²) >= 11 is 0. The number of nitrogens with zero attached hydrogens (tertiary/aromatic N) is 7. The van der Waals surface area contributed by atoms with Gasteiger partial charge in [-0.1, -0.05) is 6.07 Å². The Balaban J connectivity index is 1.14. The molecule has 0 bridgehead atoms. The molecular weight excluding hydrogens is 486 g/mol. The molecular formula is C23H31N7O5S. The number of sulfonamides is 1. The van der Waals surface area contributed by atoms with Gasteiger partial charge in [-0.3, -0.25) is 15.0 Å². The van der Waals surface area contributed by atoms with Gasteiger partial charge < -0.3 is 14.5 Å². The number of aromatic nitrogens is 2. The van der Waals surface area contributed by atoms with E-state index in [4.69, 9.17) is 4.74 Å². The lowest BCUT2D eigenvalue weighted by atomic mass is 10.2. The van der Waals surface area contributed by atoms with E-state index in [1.165, 1.54) is 22.5 Å². The molecule has 194 valence electrons. The van der Waals surface area contributed by atoms with E-state index in [1.54, 1.807) is 0 Å². The van der Waals surface area contributed by atoms with Gasteiger partial charge in [-0.15, -0.1) is 10.2 Å². The fraction of sp³-hybridized carbons (Fsp3) is 0.565. The molecule has 13 heteroatoms. The highest BCUT2D eigenvalue weighted by atomic mass is 32.2. The number of ether oxygens (including phenoxy) is 1. The van der Waals surface area contributed by atoms with Crippen molar-refractivity contribution < 1.29 is 18.1 Å². The number of rotatable bonds is 7. The fourth-order valence-corrected chi connectivity index (χ4v) is 6.42. The highest BCUT2D eigenvalue weighted by Gasteiger charge is 2.30. The van der Waals surface area contributed by atoms with Crippen LogP contribution in [-0.2, 0) is 14.8 Å². The summed E-state index contributed by atoms with van der Waals surface area (Å²) in [5.41, 5.74) is -0.241. The number of nitro groups is 1. The van der Waals surface area contributed by atoms with E-state index < -0.39 is 14.9 Å². The molecule has 36 heavy (non-hydrogen) atoms. The van der Waals surface area contributed by atoms with Crippen molar-refractivity contribution in [3.05, 3.63) is 46.5 Å². The predicted molar refractivity (Wildman–Crippen MR) is 134 cm³/mol. The molecule has 5 rings (SSSR count). The standard InChI is InChI=1S/C23H31N7O5S/c31-30(32)19-3-1-5-21(17-19)36(33,34)29-14-12-28(13-15-29)23-7-6-22(24-25-23)27-10-8-26(9-11-27)18-20-4-2-16-35-20/h1,3,5-7,17,20H,2,4,8-16,18H2. The van der Waals surface area contributed by atoms with Gasteiger partial charge in [0.15, 0.2) is 11.6 Å². The normalized spacial score (nSPS) is 22.2. The molecule has 3 aliphatic rings. The fourth-order valence-electron chi connectivity index (χ4n) is 4.96. The lowest BCUT2D eigenvalue weighted by Crippen LogP contribution is -2.49. The minimum atomic E-state index is -3.81. The first-order chi connectivity index (χ1) is 17.4. The molecule has 1 atom stereocenters. The third kappa shape index (κ3) is 5.43. The second kappa shape index (κ2) is 10.6. The first kappa shape index (κ1) is 24.8. The second-order valence-electron chi connectivity index (χ2n) is 9.32. The molecule has 0 saturated carbocycles. The van der Waals surface area contributed by atoms with Crippen LogP contribution in [0.1, 0.15) is 12.8 Å². The molecule has 1 unspecified atom stereocenters. The van der Waals surface area contributed by atoms with Crippen LogP contribution in [0.5, 0.6) is 0 Å². The minimum Gasteiger partial charge on any atom is -0.377 e. The molecule has 0 spiro atoms. The lowest BCUT2D eigenvalue weighted by molar-refractivity contribution is -0.385. The van der Waals surface area contributed by atoms with Crippen molar-refractivity contribution >= 4 is 27.3 Å². The molecule has 0 amide bonds. The van der Waals surface area contributed by atoms with Gasteiger partial charge in [-0.05, 0) is 31.0 Å². The summed E-state index contributed by atoms with van der Waals surface area (Å²) in [5.74, 6) is 1.56. The summed E-state index contributed by atoms with van der Waals surface area (Å²) in [6.45, 7) is 7.09. The average molecular weight is 518 g/mol. The lowest BCUT2D eigenvalue weighted by Gasteiger charge is -2.36. The van der Waals surface area contributed by atoms with E-state index in [0.717, 1.165) is 64.1 Å². The minimum absolute atomic E-state index is 0.0647. The Bertz CT molecular complexity index is 1160. The van der Waals surface area contributed by atoms with Crippen LogP contribution < -0.4 is 9.80 Å². The Kier molecular flexibility index (Phi) is 7.32. The first-order valence-electron chi connectivity index (χ1n) is 12.3. The number of hydrogen-bond acceptors (Lipinski definition) is 10. The summed E-state index contributed by atoms with van der Waals surface area (Å²) < 4.78 is 33.1. The number of non-ortho nitro benzene ring substituents is 1. The van der Waals surface area contributed by atoms with Gasteiger partial charge in [-0.25, -0.2) is 8.42 Å². The third-order valence-corrected chi connectivity index (χ3v) is 8.94. The van der Waals surface area contributed by atoms with Crippen LogP contribution >= 0.6 is 0 Å². The van der Waals surface area contributed by atoms with Gasteiger partial charge in [0.25, 0.3) is 5.69 Å². The van der Waals surface area contributed by atoms with Crippen molar-refractivity contribution in [2.75, 3.05) is 75.3 Å². The van der Waals surface area contributed by atoms with Crippen LogP contribution in [0, 0.1) is 10.1 Å². The van der Waals surface area contributed by atoms with E-state index in [0.29, 0.717) is 25.0 Å². The summed E-state index contributed by atoms with van der Waals surface area (Å²) in [6, 6.07) is 9.08. The number of nitro benzene ring substituents is 1. The van der Waals surface area contributed by atoms with E-state index in [2.05, 4.69) is 20.0 Å². The Morgan fingerprint density at radius 2 is 1.58 bits per heavy atom. The van der Waals surface area contributed by atoms with Crippen molar-refractivity contribution in [1.29, 1.82) is 0 Å². The monoisotopic (exact) mass is 517 g/mol. The quantitative estimate of drug-likeness (QED) is 0.391. The van der Waals surface area contributed by atoms with Gasteiger partial charge in [0.1, 0.15) is 0 Å². The molecule has 0 aliphatic carbocycles. The Labute approximate surface area is 210 Å². The Morgan fingerprint density at radius 1 is 0.944 bits per heavy atom. The summed E-state index contributed by atoms with van der Waals surface area (Å²) in [5, 5.41) is 19.9. The molecule has 1 aromatic heterocycles. The SMILES string of the molecule is O=[N+]([O-])c1cccc(S(=O)(=O)N2CCN(c3ccc(N4CCN(CC5CCCO5)CC4)nn3)CC2)c1. The van der Waals surface area contributed by atoms with Crippen LogP contribution in [0.3, 0.4) is 0 Å². The summed E-state index contributed by atoms with van der Waals surface area (Å²) in [4.78, 5) is 17.1. The molecule has 0 radical (unpaired) electrons. The van der Waals surface area contributed by atoms with Crippen LogP contribution in [0.4, 0.5) is 17.3 Å². The summed E-state index contributed by atoms with van der Waals surface area (Å²) in [6.07, 6.45) is 2.69. The zero-order valence-corrected chi connectivity index (χ0v) is 20.9. The molecule has 3 aliphatic heterocycles. The maximum absolute atomic E-state index is 13.0. The molecule has 1 aromatic carbocycles. The molecule has 12 nitrogen and oxygen atoms in total. The molecule has 3 fully saturated rings. The van der Waals surface area contributed by atoms with Crippen LogP contribution in [0.25, 0.3) is 0 Å². The van der Waals surface area contributed by atoms with E-state index >= 15 is 0 Å². The maximum Gasteiger partial charge on any atom is 0.270 e. The molecule has 3 saturated heterocycles. The van der Waals surface area contributed by atoms with Crippen molar-refractivity contribution in [2.45, 2.75) is 23.8 Å². The third-order valence-electron chi connectivity index (χ3n) is 7.05. The number of benzene rings is 1. The van der Waals surface area contributed by atoms with E-state index in [9.17, 15) is 18.5 Å². The van der Waals surface area contributed by atoms with Gasteiger partial charge in [0.05, 0.1) is 15.9 Å². The largest absolute Gasteiger partial charge is 0.377 e. The molecule has 0 N–H and O–H groups in total. The van der Waals surface area contributed by atoms with E-state index in [-0.39, 0.29) is 23.7 Å². The Hall–Kier alpha value is -2.87.